The lowest BCUT2D eigenvalue weighted by atomic mass is 9.98. The van der Waals surface area contributed by atoms with Crippen molar-refractivity contribution >= 4 is 35.0 Å². The summed E-state index contributed by atoms with van der Waals surface area (Å²) >= 11 is 11.9. The Balaban J connectivity index is 2.68. The molecular formula is C15H11Cl2F2NO4. The van der Waals surface area contributed by atoms with Crippen LogP contribution < -0.4 is 10.1 Å². The molecule has 1 atom stereocenters. The van der Waals surface area contributed by atoms with Crippen molar-refractivity contribution in [1.29, 1.82) is 0 Å². The van der Waals surface area contributed by atoms with Crippen LogP contribution in [0.5, 0.6) is 5.75 Å². The van der Waals surface area contributed by atoms with Crippen molar-refractivity contribution in [3.8, 4) is 5.75 Å². The zero-order valence-electron chi connectivity index (χ0n) is 12.1. The molecule has 0 fully saturated rings. The summed E-state index contributed by atoms with van der Waals surface area (Å²) in [5, 5.41) is 21.1. The molecular weight excluding hydrogens is 367 g/mol. The zero-order valence-corrected chi connectivity index (χ0v) is 13.6. The second-order valence-electron chi connectivity index (χ2n) is 4.63. The third-order valence-electron chi connectivity index (χ3n) is 3.23. The van der Waals surface area contributed by atoms with Gasteiger partial charge in [-0.3, -0.25) is 5.32 Å². The fourth-order valence-corrected chi connectivity index (χ4v) is 2.59. The van der Waals surface area contributed by atoms with Crippen molar-refractivity contribution in [3.63, 3.8) is 0 Å². The third-order valence-corrected chi connectivity index (χ3v) is 4.05. The van der Waals surface area contributed by atoms with Gasteiger partial charge in [0.2, 0.25) is 0 Å². The van der Waals surface area contributed by atoms with Crippen molar-refractivity contribution in [3.05, 3.63) is 57.1 Å². The number of aliphatic hydroxyl groups excluding tert-OH is 1. The Labute approximate surface area is 145 Å². The van der Waals surface area contributed by atoms with Gasteiger partial charge in [0.25, 0.3) is 0 Å². The predicted octanol–water partition coefficient (Wildman–Crippen LogP) is 4.45. The second-order valence-corrected chi connectivity index (χ2v) is 5.42. The number of rotatable bonds is 4. The van der Waals surface area contributed by atoms with E-state index < -0.39 is 29.4 Å². The lowest BCUT2D eigenvalue weighted by Crippen LogP contribution is -2.14. The molecule has 1 unspecified atom stereocenters. The smallest absolute Gasteiger partial charge is 0.409 e. The van der Waals surface area contributed by atoms with Crippen LogP contribution in [0, 0.1) is 11.6 Å². The van der Waals surface area contributed by atoms with Gasteiger partial charge in [-0.25, -0.2) is 13.6 Å². The van der Waals surface area contributed by atoms with E-state index in [0.29, 0.717) is 0 Å². The maximum absolute atomic E-state index is 14.4. The van der Waals surface area contributed by atoms with Crippen LogP contribution in [0.3, 0.4) is 0 Å². The van der Waals surface area contributed by atoms with Crippen molar-refractivity contribution in [1.82, 2.24) is 0 Å². The highest BCUT2D eigenvalue weighted by Crippen LogP contribution is 2.41. The van der Waals surface area contributed by atoms with Crippen LogP contribution in [0.25, 0.3) is 0 Å². The molecule has 128 valence electrons. The van der Waals surface area contributed by atoms with E-state index in [0.717, 1.165) is 12.1 Å². The topological polar surface area (TPSA) is 78.8 Å². The number of hydrogen-bond acceptors (Lipinski definition) is 3. The Bertz CT molecular complexity index is 802. The second kappa shape index (κ2) is 7.21. The first-order valence-electron chi connectivity index (χ1n) is 6.45. The molecule has 2 aromatic carbocycles. The molecule has 24 heavy (non-hydrogen) atoms. The molecule has 0 saturated carbocycles. The van der Waals surface area contributed by atoms with Crippen LogP contribution in [-0.4, -0.2) is 23.4 Å². The number of amides is 1. The quantitative estimate of drug-likeness (QED) is 0.735. The molecule has 5 nitrogen and oxygen atoms in total. The van der Waals surface area contributed by atoms with Gasteiger partial charge in [0.15, 0.2) is 11.6 Å². The number of carboxylic acid groups (broad SMARTS) is 1. The highest BCUT2D eigenvalue weighted by atomic mass is 35.5. The highest BCUT2D eigenvalue weighted by Gasteiger charge is 2.28. The summed E-state index contributed by atoms with van der Waals surface area (Å²) in [5.74, 6) is -2.49. The van der Waals surface area contributed by atoms with Crippen LogP contribution >= 0.6 is 23.2 Å². The molecule has 2 aromatic rings. The molecule has 0 aliphatic rings. The Morgan fingerprint density at radius 3 is 2.46 bits per heavy atom. The Kier molecular flexibility index (Phi) is 5.48. The number of anilines is 1. The number of hydrogen-bond donors (Lipinski definition) is 3. The summed E-state index contributed by atoms with van der Waals surface area (Å²) in [4.78, 5) is 10.9. The number of benzene rings is 2. The Morgan fingerprint density at radius 2 is 1.88 bits per heavy atom. The predicted molar refractivity (Wildman–Crippen MR) is 85.1 cm³/mol. The Morgan fingerprint density at radius 1 is 1.21 bits per heavy atom. The van der Waals surface area contributed by atoms with Gasteiger partial charge in [0, 0.05) is 5.56 Å². The van der Waals surface area contributed by atoms with Gasteiger partial charge in [0.05, 0.1) is 28.4 Å². The van der Waals surface area contributed by atoms with Crippen molar-refractivity contribution in [2.75, 3.05) is 12.4 Å². The highest BCUT2D eigenvalue weighted by molar-refractivity contribution is 6.42. The summed E-state index contributed by atoms with van der Waals surface area (Å²) in [6.07, 6.45) is -3.37. The normalized spacial score (nSPS) is 11.9. The van der Waals surface area contributed by atoms with E-state index in [4.69, 9.17) is 33.0 Å². The lowest BCUT2D eigenvalue weighted by Gasteiger charge is -2.20. The van der Waals surface area contributed by atoms with E-state index in [1.807, 2.05) is 5.32 Å². The number of carbonyl (C=O) groups is 1. The third kappa shape index (κ3) is 3.38. The van der Waals surface area contributed by atoms with Crippen molar-refractivity contribution in [2.24, 2.45) is 0 Å². The zero-order chi connectivity index (χ0) is 18.0. The minimum atomic E-state index is -1.92. The first kappa shape index (κ1) is 18.3. The van der Waals surface area contributed by atoms with Crippen LogP contribution in [0.2, 0.25) is 10.0 Å². The molecule has 3 N–H and O–H groups in total. The van der Waals surface area contributed by atoms with Crippen molar-refractivity contribution in [2.45, 2.75) is 6.10 Å². The molecule has 0 aliphatic heterocycles. The van der Waals surface area contributed by atoms with E-state index in [1.54, 1.807) is 0 Å². The maximum Gasteiger partial charge on any atom is 0.409 e. The standard InChI is InChI=1S/C15H11Cl2F2NO4/c1-24-9-5-3-7(18)10(13(9)19)14(21)11-8(20-15(22)23)4-2-6(16)12(11)17/h2-5,14,20-21H,1H3,(H,22,23). The molecule has 9 heteroatoms. The average Bonchev–Trinajstić information content (AvgIpc) is 2.51. The summed E-state index contributed by atoms with van der Waals surface area (Å²) in [7, 11) is 1.18. The van der Waals surface area contributed by atoms with Crippen LogP contribution in [0.1, 0.15) is 17.2 Å². The lowest BCUT2D eigenvalue weighted by molar-refractivity contribution is 0.206. The van der Waals surface area contributed by atoms with E-state index in [-0.39, 0.29) is 27.0 Å². The van der Waals surface area contributed by atoms with Gasteiger partial charge in [-0.2, -0.15) is 0 Å². The number of nitrogens with one attached hydrogen (secondary N) is 1. The summed E-state index contributed by atoms with van der Waals surface area (Å²) < 4.78 is 33.2. The minimum absolute atomic E-state index is 0.0228. The van der Waals surface area contributed by atoms with Gasteiger partial charge in [-0.1, -0.05) is 23.2 Å². The van der Waals surface area contributed by atoms with E-state index in [1.165, 1.54) is 19.2 Å². The number of aliphatic hydroxyl groups is 1. The van der Waals surface area contributed by atoms with E-state index in [2.05, 4.69) is 0 Å². The molecule has 0 aliphatic carbocycles. The first-order chi connectivity index (χ1) is 11.3. The fraction of sp³-hybridized carbons (Fsp3) is 0.133. The fourth-order valence-electron chi connectivity index (χ4n) is 2.16. The summed E-state index contributed by atoms with van der Waals surface area (Å²) in [6, 6.07) is 4.46. The van der Waals surface area contributed by atoms with Crippen LogP contribution in [0.4, 0.5) is 19.3 Å². The number of ether oxygens (including phenoxy) is 1. The average molecular weight is 378 g/mol. The van der Waals surface area contributed by atoms with Crippen LogP contribution in [-0.2, 0) is 0 Å². The van der Waals surface area contributed by atoms with E-state index >= 15 is 0 Å². The largest absolute Gasteiger partial charge is 0.494 e. The number of methoxy groups -OCH3 is 1. The van der Waals surface area contributed by atoms with Gasteiger partial charge < -0.3 is 14.9 Å². The first-order valence-corrected chi connectivity index (χ1v) is 7.21. The van der Waals surface area contributed by atoms with Gasteiger partial charge in [-0.05, 0) is 24.3 Å². The van der Waals surface area contributed by atoms with Gasteiger partial charge in [-0.15, -0.1) is 0 Å². The molecule has 2 rings (SSSR count). The number of halogens is 4. The maximum atomic E-state index is 14.4. The molecule has 0 bridgehead atoms. The summed E-state index contributed by atoms with van der Waals surface area (Å²) in [5.41, 5.74) is -1.18. The Hall–Kier alpha value is -2.09. The van der Waals surface area contributed by atoms with Gasteiger partial charge in [0.1, 0.15) is 11.9 Å². The summed E-state index contributed by atoms with van der Waals surface area (Å²) in [6.45, 7) is 0. The van der Waals surface area contributed by atoms with Crippen molar-refractivity contribution < 1.29 is 28.5 Å². The van der Waals surface area contributed by atoms with Crippen LogP contribution in [0.15, 0.2) is 24.3 Å². The molecule has 0 radical (unpaired) electrons. The minimum Gasteiger partial charge on any atom is -0.494 e. The molecule has 0 aromatic heterocycles. The molecule has 0 saturated heterocycles. The molecule has 0 spiro atoms. The SMILES string of the molecule is COc1ccc(F)c(C(O)c2c(NC(=O)O)ccc(Cl)c2Cl)c1F. The molecule has 1 amide bonds. The van der Waals surface area contributed by atoms with E-state index in [9.17, 15) is 18.7 Å². The van der Waals surface area contributed by atoms with Gasteiger partial charge >= 0.3 is 6.09 Å². The molecule has 0 heterocycles. The monoisotopic (exact) mass is 377 g/mol.